The summed E-state index contributed by atoms with van der Waals surface area (Å²) in [5.41, 5.74) is 2.74. The van der Waals surface area contributed by atoms with Gasteiger partial charge in [-0.05, 0) is 53.8 Å². The van der Waals surface area contributed by atoms with E-state index >= 15 is 0 Å². The zero-order valence-electron chi connectivity index (χ0n) is 16.9. The van der Waals surface area contributed by atoms with Crippen LogP contribution >= 0.6 is 0 Å². The van der Waals surface area contributed by atoms with Crippen molar-refractivity contribution in [1.29, 1.82) is 0 Å². The second-order valence-corrected chi connectivity index (χ2v) is 7.60. The molecule has 0 bridgehead atoms. The maximum atomic E-state index is 13.8. The molecule has 0 saturated carbocycles. The lowest BCUT2D eigenvalue weighted by Gasteiger charge is -2.41. The predicted molar refractivity (Wildman–Crippen MR) is 111 cm³/mol. The van der Waals surface area contributed by atoms with Gasteiger partial charge in [-0.1, -0.05) is 44.5 Å². The van der Waals surface area contributed by atoms with E-state index in [1.807, 2.05) is 31.2 Å². The lowest BCUT2D eigenvalue weighted by molar-refractivity contribution is -0.254. The number of ether oxygens (including phenoxy) is 2. The van der Waals surface area contributed by atoms with Crippen molar-refractivity contribution >= 4 is 0 Å². The van der Waals surface area contributed by atoms with Crippen molar-refractivity contribution in [2.75, 3.05) is 0 Å². The molecule has 1 fully saturated rings. The molecule has 1 aliphatic heterocycles. The summed E-state index contributed by atoms with van der Waals surface area (Å²) in [5, 5.41) is 20.8. The minimum absolute atomic E-state index is 0.238. The third kappa shape index (κ3) is 4.86. The van der Waals surface area contributed by atoms with E-state index in [0.717, 1.165) is 29.5 Å². The first-order valence-corrected chi connectivity index (χ1v) is 10.1. The van der Waals surface area contributed by atoms with E-state index < -0.39 is 18.5 Å². The molecule has 1 saturated heterocycles. The molecule has 2 aromatic rings. The van der Waals surface area contributed by atoms with Gasteiger partial charge in [0.25, 0.3) is 0 Å². The molecule has 156 valence electrons. The van der Waals surface area contributed by atoms with Crippen LogP contribution in [0.25, 0.3) is 11.1 Å². The van der Waals surface area contributed by atoms with Gasteiger partial charge in [-0.15, -0.1) is 6.58 Å². The van der Waals surface area contributed by atoms with Gasteiger partial charge < -0.3 is 19.7 Å². The van der Waals surface area contributed by atoms with Gasteiger partial charge in [0.15, 0.2) is 0 Å². The molecular formula is C24H29FO4. The lowest BCUT2D eigenvalue weighted by Crippen LogP contribution is -2.55. The Hall–Kier alpha value is -2.21. The van der Waals surface area contributed by atoms with Crippen LogP contribution in [0.5, 0.6) is 5.75 Å². The monoisotopic (exact) mass is 400 g/mol. The first kappa shape index (κ1) is 21.5. The summed E-state index contributed by atoms with van der Waals surface area (Å²) in [4.78, 5) is 0. The Kier molecular flexibility index (Phi) is 7.06. The number of hydrogen-bond donors (Lipinski definition) is 2. The normalized spacial score (nSPS) is 26.9. The molecule has 1 aliphatic rings. The Balaban J connectivity index is 1.89. The number of halogens is 1. The molecule has 29 heavy (non-hydrogen) atoms. The van der Waals surface area contributed by atoms with Crippen LogP contribution in [-0.2, 0) is 11.2 Å². The Bertz CT molecular complexity index is 837. The number of benzene rings is 2. The van der Waals surface area contributed by atoms with Gasteiger partial charge in [0.1, 0.15) is 17.7 Å². The quantitative estimate of drug-likeness (QED) is 0.673. The fourth-order valence-electron chi connectivity index (χ4n) is 3.78. The summed E-state index contributed by atoms with van der Waals surface area (Å²) in [7, 11) is 0. The summed E-state index contributed by atoms with van der Waals surface area (Å²) in [5.74, 6) is -0.0448. The van der Waals surface area contributed by atoms with Crippen LogP contribution in [0.1, 0.15) is 32.3 Å². The fourth-order valence-corrected chi connectivity index (χ4v) is 3.78. The minimum Gasteiger partial charge on any atom is -0.462 e. The SMILES string of the molecule is C=CC[C@@H]1O[C@@H](Oc2ccc(CCC)c(-c3cccc(F)c3)c2)[C@H](O)[C@H](O)[C@H]1C. The smallest absolute Gasteiger partial charge is 0.228 e. The molecule has 4 nitrogen and oxygen atoms in total. The van der Waals surface area contributed by atoms with E-state index in [0.29, 0.717) is 12.2 Å². The average molecular weight is 400 g/mol. The molecule has 5 atom stereocenters. The number of hydrogen-bond acceptors (Lipinski definition) is 4. The Morgan fingerprint density at radius 1 is 1.17 bits per heavy atom. The van der Waals surface area contributed by atoms with E-state index in [1.54, 1.807) is 12.1 Å². The van der Waals surface area contributed by atoms with Gasteiger partial charge in [-0.25, -0.2) is 4.39 Å². The van der Waals surface area contributed by atoms with Crippen LogP contribution < -0.4 is 4.74 Å². The summed E-state index contributed by atoms with van der Waals surface area (Å²) < 4.78 is 25.6. The lowest BCUT2D eigenvalue weighted by atomic mass is 9.89. The average Bonchev–Trinajstić information content (AvgIpc) is 2.71. The summed E-state index contributed by atoms with van der Waals surface area (Å²) in [6.45, 7) is 7.65. The van der Waals surface area contributed by atoms with Crippen molar-refractivity contribution in [3.8, 4) is 16.9 Å². The van der Waals surface area contributed by atoms with Gasteiger partial charge in [-0.3, -0.25) is 0 Å². The van der Waals surface area contributed by atoms with Crippen LogP contribution in [0.2, 0.25) is 0 Å². The molecule has 0 aromatic heterocycles. The van der Waals surface area contributed by atoms with Gasteiger partial charge in [-0.2, -0.15) is 0 Å². The second kappa shape index (κ2) is 9.53. The van der Waals surface area contributed by atoms with Gasteiger partial charge in [0, 0.05) is 5.92 Å². The number of rotatable bonds is 7. The van der Waals surface area contributed by atoms with Crippen molar-refractivity contribution in [1.82, 2.24) is 0 Å². The zero-order valence-corrected chi connectivity index (χ0v) is 16.9. The van der Waals surface area contributed by atoms with Crippen molar-refractivity contribution in [2.45, 2.75) is 57.7 Å². The fraction of sp³-hybridized carbons (Fsp3) is 0.417. The molecule has 2 N–H and O–H groups in total. The minimum atomic E-state index is -1.17. The molecule has 0 radical (unpaired) electrons. The molecule has 0 unspecified atom stereocenters. The van der Waals surface area contributed by atoms with Gasteiger partial charge in [0.2, 0.25) is 6.29 Å². The highest BCUT2D eigenvalue weighted by atomic mass is 19.1. The highest BCUT2D eigenvalue weighted by molar-refractivity contribution is 5.69. The first-order valence-electron chi connectivity index (χ1n) is 10.1. The van der Waals surface area contributed by atoms with Gasteiger partial charge in [0.05, 0.1) is 12.2 Å². The Morgan fingerprint density at radius 2 is 1.97 bits per heavy atom. The maximum Gasteiger partial charge on any atom is 0.228 e. The molecule has 2 aromatic carbocycles. The number of aliphatic hydroxyl groups excluding tert-OH is 2. The predicted octanol–water partition coefficient (Wildman–Crippen LogP) is 4.48. The van der Waals surface area contributed by atoms with Crippen molar-refractivity contribution in [2.24, 2.45) is 5.92 Å². The van der Waals surface area contributed by atoms with Crippen LogP contribution in [0.4, 0.5) is 4.39 Å². The molecule has 0 amide bonds. The molecule has 0 aliphatic carbocycles. The molecule has 0 spiro atoms. The van der Waals surface area contributed by atoms with E-state index in [2.05, 4.69) is 13.5 Å². The van der Waals surface area contributed by atoms with Crippen LogP contribution in [0.15, 0.2) is 55.1 Å². The first-order chi connectivity index (χ1) is 13.9. The topological polar surface area (TPSA) is 58.9 Å². The van der Waals surface area contributed by atoms with Crippen molar-refractivity contribution < 1.29 is 24.1 Å². The summed E-state index contributed by atoms with van der Waals surface area (Å²) in [6, 6.07) is 12.1. The van der Waals surface area contributed by atoms with E-state index in [1.165, 1.54) is 12.1 Å². The highest BCUT2D eigenvalue weighted by Gasteiger charge is 2.42. The van der Waals surface area contributed by atoms with Crippen LogP contribution in [-0.4, -0.2) is 34.8 Å². The van der Waals surface area contributed by atoms with Gasteiger partial charge >= 0.3 is 0 Å². The van der Waals surface area contributed by atoms with E-state index in [-0.39, 0.29) is 17.8 Å². The second-order valence-electron chi connectivity index (χ2n) is 7.60. The third-order valence-electron chi connectivity index (χ3n) is 5.45. The standard InChI is InChI=1S/C24H29FO4/c1-4-7-16-11-12-19(14-20(16)17-9-6-10-18(25)13-17)28-24-23(27)22(26)15(3)21(29-24)8-5-2/h5-6,9-15,21-24,26-27H,2,4,7-8H2,1,3H3/t15-,21-,22+,23+,24+/m0/s1. The van der Waals surface area contributed by atoms with E-state index in [9.17, 15) is 14.6 Å². The van der Waals surface area contributed by atoms with Crippen LogP contribution in [0.3, 0.4) is 0 Å². The Labute approximate surface area is 171 Å². The Morgan fingerprint density at radius 3 is 2.66 bits per heavy atom. The van der Waals surface area contributed by atoms with E-state index in [4.69, 9.17) is 9.47 Å². The summed E-state index contributed by atoms with van der Waals surface area (Å²) >= 11 is 0. The largest absolute Gasteiger partial charge is 0.462 e. The molecule has 3 rings (SSSR count). The van der Waals surface area contributed by atoms with Crippen molar-refractivity contribution in [3.05, 3.63) is 66.5 Å². The van der Waals surface area contributed by atoms with Crippen LogP contribution in [0, 0.1) is 11.7 Å². The van der Waals surface area contributed by atoms with Crippen molar-refractivity contribution in [3.63, 3.8) is 0 Å². The zero-order chi connectivity index (χ0) is 21.0. The summed E-state index contributed by atoms with van der Waals surface area (Å²) in [6.07, 6.45) is 0.673. The third-order valence-corrected chi connectivity index (χ3v) is 5.45. The number of aliphatic hydroxyl groups is 2. The maximum absolute atomic E-state index is 13.8. The molecule has 5 heteroatoms. The highest BCUT2D eigenvalue weighted by Crippen LogP contribution is 2.33. The number of aryl methyl sites for hydroxylation is 1. The molecular weight excluding hydrogens is 371 g/mol. The molecule has 1 heterocycles.